The minimum Gasteiger partial charge on any atom is -0.383 e. The number of piperidine rings is 1. The highest BCUT2D eigenvalue weighted by atomic mass is 19.3. The van der Waals surface area contributed by atoms with Gasteiger partial charge in [0, 0.05) is 47.3 Å². The van der Waals surface area contributed by atoms with Crippen LogP contribution in [-0.2, 0) is 14.3 Å². The van der Waals surface area contributed by atoms with Gasteiger partial charge in [0.05, 0.1) is 25.1 Å². The van der Waals surface area contributed by atoms with Gasteiger partial charge >= 0.3 is 0 Å². The van der Waals surface area contributed by atoms with Crippen LogP contribution in [-0.4, -0.2) is 93.0 Å². The average molecular weight is 333 g/mol. The first kappa shape index (κ1) is 18.1. The Bertz CT molecular complexity index is 473. The summed E-state index contributed by atoms with van der Waals surface area (Å²) < 4.78 is 33.4. The number of amides is 2. The summed E-state index contributed by atoms with van der Waals surface area (Å²) in [7, 11) is 4.72. The molecular formula is C15H25F2N3O3. The zero-order valence-electron chi connectivity index (χ0n) is 14.0. The molecule has 0 aliphatic carbocycles. The highest BCUT2D eigenvalue weighted by Gasteiger charge is 2.56. The number of nitrogens with zero attached hydrogens (tertiary/aromatic N) is 3. The third kappa shape index (κ3) is 3.98. The van der Waals surface area contributed by atoms with Gasteiger partial charge in [0.1, 0.15) is 0 Å². The predicted molar refractivity (Wildman–Crippen MR) is 80.2 cm³/mol. The van der Waals surface area contributed by atoms with Gasteiger partial charge in [0.25, 0.3) is 5.92 Å². The van der Waals surface area contributed by atoms with Crippen LogP contribution in [0.25, 0.3) is 0 Å². The summed E-state index contributed by atoms with van der Waals surface area (Å²) >= 11 is 0. The summed E-state index contributed by atoms with van der Waals surface area (Å²) in [6, 6.07) is 0. The molecule has 0 aromatic heterocycles. The summed E-state index contributed by atoms with van der Waals surface area (Å²) in [5.41, 5.74) is -1.08. The first-order valence-electron chi connectivity index (χ1n) is 7.78. The van der Waals surface area contributed by atoms with Crippen LogP contribution in [0.4, 0.5) is 8.78 Å². The van der Waals surface area contributed by atoms with Crippen LogP contribution in [0.1, 0.15) is 12.8 Å². The Morgan fingerprint density at radius 3 is 2.65 bits per heavy atom. The lowest BCUT2D eigenvalue weighted by atomic mass is 9.77. The van der Waals surface area contributed by atoms with Crippen molar-refractivity contribution in [3.63, 3.8) is 0 Å². The van der Waals surface area contributed by atoms with E-state index < -0.39 is 24.3 Å². The minimum atomic E-state index is -2.96. The van der Waals surface area contributed by atoms with Gasteiger partial charge in [-0.25, -0.2) is 8.78 Å². The van der Waals surface area contributed by atoms with Crippen LogP contribution in [0.2, 0.25) is 0 Å². The largest absolute Gasteiger partial charge is 0.383 e. The lowest BCUT2D eigenvalue weighted by molar-refractivity contribution is -0.157. The van der Waals surface area contributed by atoms with E-state index in [4.69, 9.17) is 4.74 Å². The molecule has 0 N–H and O–H groups in total. The minimum absolute atomic E-state index is 0.0876. The molecule has 1 atom stereocenters. The van der Waals surface area contributed by atoms with Crippen LogP contribution in [0.3, 0.4) is 0 Å². The number of rotatable bonds is 5. The zero-order valence-corrected chi connectivity index (χ0v) is 14.0. The van der Waals surface area contributed by atoms with E-state index in [0.717, 1.165) is 0 Å². The standard InChI is InChI=1S/C15H25F2N3O3/c1-18(2)12(21)8-19-10-14(9-15(16,17)11-19)4-5-20(13(14)22)6-7-23-3/h4-11H2,1-3H3/t14-/m1/s1. The Morgan fingerprint density at radius 1 is 1.35 bits per heavy atom. The average Bonchev–Trinajstić information content (AvgIpc) is 2.71. The highest BCUT2D eigenvalue weighted by molar-refractivity contribution is 5.85. The molecule has 2 fully saturated rings. The molecule has 6 nitrogen and oxygen atoms in total. The number of carbonyl (C=O) groups is 2. The fourth-order valence-electron chi connectivity index (χ4n) is 3.48. The Kier molecular flexibility index (Phi) is 5.25. The quantitative estimate of drug-likeness (QED) is 0.725. The maximum absolute atomic E-state index is 14.2. The summed E-state index contributed by atoms with van der Waals surface area (Å²) in [4.78, 5) is 28.9. The number of likely N-dealkylation sites (tertiary alicyclic amines) is 2. The van der Waals surface area contributed by atoms with E-state index in [-0.39, 0.29) is 24.9 Å². The SMILES string of the molecule is COCCN1CC[C@@]2(CN(CC(=O)N(C)C)CC(F)(F)C2)C1=O. The maximum atomic E-state index is 14.2. The van der Waals surface area contributed by atoms with Gasteiger partial charge in [0.2, 0.25) is 11.8 Å². The maximum Gasteiger partial charge on any atom is 0.261 e. The van der Waals surface area contributed by atoms with Crippen molar-refractivity contribution in [3.8, 4) is 0 Å². The molecule has 0 unspecified atom stereocenters. The lowest BCUT2D eigenvalue weighted by Crippen LogP contribution is -2.57. The van der Waals surface area contributed by atoms with Crippen molar-refractivity contribution in [2.75, 3.05) is 60.5 Å². The van der Waals surface area contributed by atoms with Crippen molar-refractivity contribution >= 4 is 11.8 Å². The smallest absolute Gasteiger partial charge is 0.261 e. The molecule has 2 saturated heterocycles. The first-order valence-corrected chi connectivity index (χ1v) is 7.78. The third-order valence-corrected chi connectivity index (χ3v) is 4.60. The van der Waals surface area contributed by atoms with E-state index in [1.54, 1.807) is 26.1 Å². The van der Waals surface area contributed by atoms with E-state index >= 15 is 0 Å². The number of likely N-dealkylation sites (N-methyl/N-ethyl adjacent to an activating group) is 1. The van der Waals surface area contributed by atoms with E-state index in [1.807, 2.05) is 0 Å². The first-order chi connectivity index (χ1) is 10.7. The Labute approximate surface area is 135 Å². The molecule has 8 heteroatoms. The van der Waals surface area contributed by atoms with Crippen LogP contribution in [0.5, 0.6) is 0 Å². The number of methoxy groups -OCH3 is 1. The summed E-state index contributed by atoms with van der Waals surface area (Å²) in [6.07, 6.45) is -0.0350. The molecule has 2 heterocycles. The number of hydrogen-bond donors (Lipinski definition) is 0. The van der Waals surface area contributed by atoms with Gasteiger partial charge in [-0.1, -0.05) is 0 Å². The van der Waals surface area contributed by atoms with Gasteiger partial charge in [-0.15, -0.1) is 0 Å². The van der Waals surface area contributed by atoms with E-state index in [0.29, 0.717) is 26.1 Å². The molecule has 0 radical (unpaired) electrons. The molecule has 132 valence electrons. The fourth-order valence-corrected chi connectivity index (χ4v) is 3.48. The molecule has 0 aromatic rings. The molecule has 1 spiro atoms. The lowest BCUT2D eigenvalue weighted by Gasteiger charge is -2.42. The number of ether oxygens (including phenoxy) is 1. The van der Waals surface area contributed by atoms with Crippen molar-refractivity contribution in [1.82, 2.24) is 14.7 Å². The van der Waals surface area contributed by atoms with Crippen molar-refractivity contribution in [2.45, 2.75) is 18.8 Å². The number of halogens is 2. The highest BCUT2D eigenvalue weighted by Crippen LogP contribution is 2.45. The Morgan fingerprint density at radius 2 is 2.04 bits per heavy atom. The van der Waals surface area contributed by atoms with E-state index in [2.05, 4.69) is 0 Å². The van der Waals surface area contributed by atoms with Crippen LogP contribution in [0.15, 0.2) is 0 Å². The number of alkyl halides is 2. The molecule has 0 bridgehead atoms. The van der Waals surface area contributed by atoms with E-state index in [9.17, 15) is 18.4 Å². The molecule has 0 saturated carbocycles. The fraction of sp³-hybridized carbons (Fsp3) is 0.867. The van der Waals surface area contributed by atoms with E-state index in [1.165, 1.54) is 9.80 Å². The predicted octanol–water partition coefficient (Wildman–Crippen LogP) is 0.281. The van der Waals surface area contributed by atoms with Crippen LogP contribution < -0.4 is 0 Å². The molecular weight excluding hydrogens is 308 g/mol. The zero-order chi connectivity index (χ0) is 17.3. The molecule has 2 aliphatic heterocycles. The van der Waals surface area contributed by atoms with Crippen molar-refractivity contribution in [1.29, 1.82) is 0 Å². The molecule has 2 amide bonds. The topological polar surface area (TPSA) is 53.1 Å². The van der Waals surface area contributed by atoms with Gasteiger partial charge in [-0.2, -0.15) is 0 Å². The normalized spacial score (nSPS) is 27.7. The summed E-state index contributed by atoms with van der Waals surface area (Å²) in [5.74, 6) is -3.44. The van der Waals surface area contributed by atoms with Gasteiger partial charge in [-0.05, 0) is 6.42 Å². The molecule has 0 aromatic carbocycles. The van der Waals surface area contributed by atoms with Crippen molar-refractivity contribution in [3.05, 3.63) is 0 Å². The van der Waals surface area contributed by atoms with Crippen molar-refractivity contribution < 1.29 is 23.1 Å². The molecule has 2 rings (SSSR count). The van der Waals surface area contributed by atoms with Gasteiger partial charge < -0.3 is 14.5 Å². The summed E-state index contributed by atoms with van der Waals surface area (Å²) in [6.45, 7) is 0.925. The molecule has 2 aliphatic rings. The van der Waals surface area contributed by atoms with Crippen molar-refractivity contribution in [2.24, 2.45) is 5.41 Å². The number of hydrogen-bond acceptors (Lipinski definition) is 4. The molecule has 23 heavy (non-hydrogen) atoms. The van der Waals surface area contributed by atoms with Gasteiger partial charge in [0.15, 0.2) is 0 Å². The monoisotopic (exact) mass is 333 g/mol. The second-order valence-corrected chi connectivity index (χ2v) is 6.78. The number of carbonyl (C=O) groups excluding carboxylic acids is 2. The second kappa shape index (κ2) is 6.68. The van der Waals surface area contributed by atoms with Gasteiger partial charge in [-0.3, -0.25) is 14.5 Å². The summed E-state index contributed by atoms with van der Waals surface area (Å²) in [5, 5.41) is 0. The Balaban J connectivity index is 2.12. The van der Waals surface area contributed by atoms with Crippen LogP contribution >= 0.6 is 0 Å². The Hall–Kier alpha value is -1.28. The second-order valence-electron chi connectivity index (χ2n) is 6.78. The van der Waals surface area contributed by atoms with Crippen LogP contribution in [0, 0.1) is 5.41 Å². The third-order valence-electron chi connectivity index (χ3n) is 4.60.